The molecule has 2 amide bonds. The summed E-state index contributed by atoms with van der Waals surface area (Å²) in [6.45, 7) is 10.2. The molecule has 4 rings (SSSR count). The summed E-state index contributed by atoms with van der Waals surface area (Å²) in [7, 11) is 1.80. The Hall–Kier alpha value is -2.82. The molecule has 0 saturated carbocycles. The van der Waals surface area contributed by atoms with Gasteiger partial charge in [0.15, 0.2) is 0 Å². The fraction of sp³-hybridized carbons (Fsp3) is 0.481. The van der Waals surface area contributed by atoms with E-state index in [1.807, 2.05) is 17.9 Å². The Labute approximate surface area is 191 Å². The van der Waals surface area contributed by atoms with E-state index < -0.39 is 0 Å². The Morgan fingerprint density at radius 2 is 1.75 bits per heavy atom. The van der Waals surface area contributed by atoms with Crippen LogP contribution < -0.4 is 0 Å². The lowest BCUT2D eigenvalue weighted by atomic mass is 9.51. The number of carbonyl (C=O) groups excluding carboxylic acids is 2. The van der Waals surface area contributed by atoms with Crippen molar-refractivity contribution in [2.45, 2.75) is 58.4 Å². The van der Waals surface area contributed by atoms with E-state index in [-0.39, 0.29) is 28.7 Å². The van der Waals surface area contributed by atoms with Crippen molar-refractivity contribution in [3.05, 3.63) is 64.7 Å². The third-order valence-electron chi connectivity index (χ3n) is 8.17. The van der Waals surface area contributed by atoms with Gasteiger partial charge in [-0.15, -0.1) is 0 Å². The molecule has 0 spiro atoms. The largest absolute Gasteiger partial charge is 0.508 e. The molecule has 2 aromatic rings. The maximum atomic E-state index is 13.6. The smallest absolute Gasteiger partial charge is 0.254 e. The van der Waals surface area contributed by atoms with Gasteiger partial charge in [-0.2, -0.15) is 0 Å². The molecule has 5 heteroatoms. The second kappa shape index (κ2) is 7.95. The summed E-state index contributed by atoms with van der Waals surface area (Å²) >= 11 is 0. The Balaban J connectivity index is 1.62. The maximum Gasteiger partial charge on any atom is 0.254 e. The van der Waals surface area contributed by atoms with Crippen LogP contribution in [0.25, 0.3) is 0 Å². The number of rotatable bonds is 4. The average Bonchev–Trinajstić information content (AvgIpc) is 2.76. The molecule has 0 aromatic heterocycles. The molecule has 1 fully saturated rings. The Morgan fingerprint density at radius 3 is 2.41 bits per heavy atom. The van der Waals surface area contributed by atoms with E-state index in [0.717, 1.165) is 18.4 Å². The molecule has 170 valence electrons. The molecule has 0 unspecified atom stereocenters. The first-order chi connectivity index (χ1) is 15.1. The van der Waals surface area contributed by atoms with E-state index in [2.05, 4.69) is 26.8 Å². The third-order valence-corrected chi connectivity index (χ3v) is 8.17. The minimum Gasteiger partial charge on any atom is -0.508 e. The Bertz CT molecular complexity index is 1040. The van der Waals surface area contributed by atoms with Gasteiger partial charge in [-0.25, -0.2) is 0 Å². The normalized spacial score (nSPS) is 23.4. The second-order valence-electron chi connectivity index (χ2n) is 10.1. The molecular formula is C27H34N2O3. The van der Waals surface area contributed by atoms with E-state index >= 15 is 0 Å². The van der Waals surface area contributed by atoms with Gasteiger partial charge >= 0.3 is 0 Å². The Morgan fingerprint density at radius 1 is 1.09 bits per heavy atom. The number of likely N-dealkylation sites (tertiary alicyclic amines) is 1. The van der Waals surface area contributed by atoms with Gasteiger partial charge in [0.2, 0.25) is 0 Å². The van der Waals surface area contributed by atoms with E-state index in [1.54, 1.807) is 42.3 Å². The lowest BCUT2D eigenvalue weighted by Crippen LogP contribution is -2.64. The lowest BCUT2D eigenvalue weighted by Gasteiger charge is -2.60. The van der Waals surface area contributed by atoms with Crippen LogP contribution in [0, 0.1) is 5.41 Å². The number of hydrogen-bond acceptors (Lipinski definition) is 3. The number of piperidine rings is 1. The molecule has 1 aliphatic carbocycles. The van der Waals surface area contributed by atoms with Gasteiger partial charge in [-0.05, 0) is 66.1 Å². The zero-order chi connectivity index (χ0) is 23.3. The Kier molecular flexibility index (Phi) is 5.56. The molecule has 5 nitrogen and oxygen atoms in total. The number of fused-ring (bicyclic) bond motifs is 4. The van der Waals surface area contributed by atoms with Crippen LogP contribution in [0.3, 0.4) is 0 Å². The number of benzene rings is 2. The van der Waals surface area contributed by atoms with Crippen molar-refractivity contribution in [2.24, 2.45) is 5.41 Å². The van der Waals surface area contributed by atoms with Crippen molar-refractivity contribution < 1.29 is 14.7 Å². The van der Waals surface area contributed by atoms with E-state index in [9.17, 15) is 14.7 Å². The predicted molar refractivity (Wildman–Crippen MR) is 126 cm³/mol. The molecule has 0 radical (unpaired) electrons. The zero-order valence-corrected chi connectivity index (χ0v) is 19.8. The van der Waals surface area contributed by atoms with Crippen LogP contribution in [0.5, 0.6) is 5.75 Å². The van der Waals surface area contributed by atoms with E-state index in [4.69, 9.17) is 0 Å². The fourth-order valence-corrected chi connectivity index (χ4v) is 5.75. The summed E-state index contributed by atoms with van der Waals surface area (Å²) in [4.78, 5) is 29.8. The van der Waals surface area contributed by atoms with Crippen LogP contribution in [0.2, 0.25) is 0 Å². The molecule has 2 aromatic carbocycles. The highest BCUT2D eigenvalue weighted by Crippen LogP contribution is 2.57. The molecule has 1 saturated heterocycles. The second-order valence-corrected chi connectivity index (χ2v) is 10.1. The fourth-order valence-electron chi connectivity index (χ4n) is 5.75. The van der Waals surface area contributed by atoms with Crippen molar-refractivity contribution in [2.75, 3.05) is 20.1 Å². The molecule has 2 atom stereocenters. The third kappa shape index (κ3) is 3.30. The van der Waals surface area contributed by atoms with Gasteiger partial charge in [-0.3, -0.25) is 9.59 Å². The van der Waals surface area contributed by atoms with Crippen molar-refractivity contribution in [1.82, 2.24) is 9.80 Å². The molecule has 1 aliphatic heterocycles. The standard InChI is InChI=1S/C27H34N2O3/c1-6-15-28(5)24(31)18-10-12-19(13-11-18)25(32)29-16-14-27(4)21-8-7-9-22(30)20(21)17-23(29)26(27,2)3/h7-13,23,30H,6,14-17H2,1-5H3/t23-,27+/m1/s1. The molecule has 32 heavy (non-hydrogen) atoms. The van der Waals surface area contributed by atoms with Gasteiger partial charge in [0, 0.05) is 42.7 Å². The van der Waals surface area contributed by atoms with Crippen molar-refractivity contribution in [1.29, 1.82) is 0 Å². The monoisotopic (exact) mass is 434 g/mol. The van der Waals surface area contributed by atoms with Gasteiger partial charge in [0.1, 0.15) is 5.75 Å². The quantitative estimate of drug-likeness (QED) is 0.763. The first-order valence-corrected chi connectivity index (χ1v) is 11.6. The number of nitrogens with zero attached hydrogens (tertiary/aromatic N) is 2. The highest BCUT2D eigenvalue weighted by Gasteiger charge is 2.57. The van der Waals surface area contributed by atoms with Crippen LogP contribution in [0.15, 0.2) is 42.5 Å². The zero-order valence-electron chi connectivity index (χ0n) is 19.8. The average molecular weight is 435 g/mol. The number of carbonyl (C=O) groups is 2. The number of aromatic hydroxyl groups is 1. The van der Waals surface area contributed by atoms with Gasteiger partial charge in [0.05, 0.1) is 0 Å². The molecule has 2 aliphatic rings. The predicted octanol–water partition coefficient (Wildman–Crippen LogP) is 4.63. The minimum absolute atomic E-state index is 0.00783. The summed E-state index contributed by atoms with van der Waals surface area (Å²) in [5, 5.41) is 10.6. The number of hydrogen-bond donors (Lipinski definition) is 1. The highest BCUT2D eigenvalue weighted by molar-refractivity contribution is 5.98. The van der Waals surface area contributed by atoms with Crippen LogP contribution >= 0.6 is 0 Å². The van der Waals surface area contributed by atoms with Crippen molar-refractivity contribution in [3.63, 3.8) is 0 Å². The molecule has 2 bridgehead atoms. The van der Waals surface area contributed by atoms with Crippen LogP contribution in [-0.2, 0) is 11.8 Å². The van der Waals surface area contributed by atoms with Crippen LogP contribution in [-0.4, -0.2) is 52.9 Å². The van der Waals surface area contributed by atoms with Gasteiger partial charge in [-0.1, -0.05) is 39.8 Å². The van der Waals surface area contributed by atoms with E-state index in [0.29, 0.717) is 36.4 Å². The highest BCUT2D eigenvalue weighted by atomic mass is 16.3. The summed E-state index contributed by atoms with van der Waals surface area (Å²) in [5.41, 5.74) is 3.13. The van der Waals surface area contributed by atoms with Gasteiger partial charge in [0.25, 0.3) is 11.8 Å². The SMILES string of the molecule is CCCN(C)C(=O)c1ccc(C(=O)N2CC[C@@]3(C)c4cccc(O)c4C[C@@H]2C3(C)C)cc1. The van der Waals surface area contributed by atoms with Crippen LogP contribution in [0.4, 0.5) is 0 Å². The van der Waals surface area contributed by atoms with Crippen LogP contribution in [0.1, 0.15) is 72.4 Å². The summed E-state index contributed by atoms with van der Waals surface area (Å²) in [6.07, 6.45) is 2.40. The molecular weight excluding hydrogens is 400 g/mol. The summed E-state index contributed by atoms with van der Waals surface area (Å²) in [6, 6.07) is 12.8. The summed E-state index contributed by atoms with van der Waals surface area (Å²) < 4.78 is 0. The topological polar surface area (TPSA) is 60.9 Å². The van der Waals surface area contributed by atoms with E-state index in [1.165, 1.54) is 5.56 Å². The first-order valence-electron chi connectivity index (χ1n) is 11.6. The molecule has 1 N–H and O–H groups in total. The van der Waals surface area contributed by atoms with Gasteiger partial charge < -0.3 is 14.9 Å². The number of phenols is 1. The molecule has 1 heterocycles. The van der Waals surface area contributed by atoms with Crippen molar-refractivity contribution >= 4 is 11.8 Å². The minimum atomic E-state index is -0.138. The maximum absolute atomic E-state index is 13.6. The van der Waals surface area contributed by atoms with Crippen molar-refractivity contribution in [3.8, 4) is 5.75 Å². The first kappa shape index (κ1) is 22.4. The summed E-state index contributed by atoms with van der Waals surface area (Å²) in [5.74, 6) is 0.285. The lowest BCUT2D eigenvalue weighted by molar-refractivity contribution is -0.0266. The number of amides is 2. The number of phenolic OH excluding ortho intramolecular Hbond substituents is 1.